The molecule has 2 aromatic rings. The van der Waals surface area contributed by atoms with Gasteiger partial charge in [0.2, 0.25) is 0 Å². The molecule has 1 aliphatic rings. The van der Waals surface area contributed by atoms with E-state index in [0.29, 0.717) is 6.04 Å². The SMILES string of the molecule is Cc1ncsc1C(C)Nc1cccc(N2CCCC2)c1. The van der Waals surface area contributed by atoms with Gasteiger partial charge in [-0.3, -0.25) is 0 Å². The molecular formula is C16H21N3S. The maximum Gasteiger partial charge on any atom is 0.0798 e. The third-order valence-corrected chi connectivity index (χ3v) is 4.99. The second-order valence-electron chi connectivity index (χ2n) is 5.41. The molecule has 1 aromatic heterocycles. The number of anilines is 2. The van der Waals surface area contributed by atoms with Crippen molar-refractivity contribution in [1.29, 1.82) is 0 Å². The summed E-state index contributed by atoms with van der Waals surface area (Å²) in [4.78, 5) is 8.11. The van der Waals surface area contributed by atoms with Gasteiger partial charge in [0.05, 0.1) is 17.2 Å². The number of benzene rings is 1. The van der Waals surface area contributed by atoms with Gasteiger partial charge in [0.1, 0.15) is 0 Å². The van der Waals surface area contributed by atoms with Crippen LogP contribution in [-0.2, 0) is 0 Å². The smallest absolute Gasteiger partial charge is 0.0798 e. The van der Waals surface area contributed by atoms with E-state index in [4.69, 9.17) is 0 Å². The maximum absolute atomic E-state index is 4.33. The van der Waals surface area contributed by atoms with Crippen molar-refractivity contribution < 1.29 is 0 Å². The predicted molar refractivity (Wildman–Crippen MR) is 86.8 cm³/mol. The maximum atomic E-state index is 4.33. The van der Waals surface area contributed by atoms with Crippen LogP contribution in [0.5, 0.6) is 0 Å². The number of aromatic nitrogens is 1. The van der Waals surface area contributed by atoms with Crippen LogP contribution in [0.25, 0.3) is 0 Å². The third kappa shape index (κ3) is 2.80. The fourth-order valence-corrected chi connectivity index (χ4v) is 3.62. The van der Waals surface area contributed by atoms with E-state index in [1.54, 1.807) is 11.3 Å². The average Bonchev–Trinajstić information content (AvgIpc) is 3.09. The Kier molecular flexibility index (Phi) is 3.92. The van der Waals surface area contributed by atoms with Crippen LogP contribution in [0.4, 0.5) is 11.4 Å². The van der Waals surface area contributed by atoms with Crippen LogP contribution < -0.4 is 10.2 Å². The molecule has 1 aromatic carbocycles. The van der Waals surface area contributed by atoms with Gasteiger partial charge in [-0.2, -0.15) is 0 Å². The summed E-state index contributed by atoms with van der Waals surface area (Å²) in [6.45, 7) is 6.65. The van der Waals surface area contributed by atoms with E-state index in [1.165, 1.54) is 42.2 Å². The Morgan fingerprint density at radius 1 is 1.30 bits per heavy atom. The first kappa shape index (κ1) is 13.4. The Hall–Kier alpha value is -1.55. The van der Waals surface area contributed by atoms with Gasteiger partial charge in [-0.05, 0) is 44.9 Å². The molecule has 20 heavy (non-hydrogen) atoms. The van der Waals surface area contributed by atoms with Crippen molar-refractivity contribution in [2.24, 2.45) is 0 Å². The van der Waals surface area contributed by atoms with Crippen molar-refractivity contribution in [2.45, 2.75) is 32.7 Å². The summed E-state index contributed by atoms with van der Waals surface area (Å²) in [6, 6.07) is 9.06. The van der Waals surface area contributed by atoms with Crippen molar-refractivity contribution in [3.63, 3.8) is 0 Å². The lowest BCUT2D eigenvalue weighted by atomic mass is 10.2. The van der Waals surface area contributed by atoms with Crippen LogP contribution >= 0.6 is 11.3 Å². The molecule has 3 nitrogen and oxygen atoms in total. The Balaban J connectivity index is 1.74. The lowest BCUT2D eigenvalue weighted by Crippen LogP contribution is -2.17. The minimum atomic E-state index is 0.302. The molecular weight excluding hydrogens is 266 g/mol. The Morgan fingerprint density at radius 3 is 2.80 bits per heavy atom. The quantitative estimate of drug-likeness (QED) is 0.912. The Bertz CT molecular complexity index is 573. The summed E-state index contributed by atoms with van der Waals surface area (Å²) >= 11 is 1.72. The molecule has 0 amide bonds. The van der Waals surface area contributed by atoms with Crippen molar-refractivity contribution in [1.82, 2.24) is 4.98 Å². The van der Waals surface area contributed by atoms with E-state index in [9.17, 15) is 0 Å². The Morgan fingerprint density at radius 2 is 2.10 bits per heavy atom. The second kappa shape index (κ2) is 5.83. The van der Waals surface area contributed by atoms with Gasteiger partial charge in [0.15, 0.2) is 0 Å². The first-order valence-electron chi connectivity index (χ1n) is 7.25. The number of hydrogen-bond donors (Lipinski definition) is 1. The zero-order valence-corrected chi connectivity index (χ0v) is 12.9. The number of rotatable bonds is 4. The summed E-state index contributed by atoms with van der Waals surface area (Å²) in [5, 5.41) is 3.59. The van der Waals surface area contributed by atoms with Gasteiger partial charge in [-0.25, -0.2) is 4.98 Å². The number of nitrogens with zero attached hydrogens (tertiary/aromatic N) is 2. The predicted octanol–water partition coefficient (Wildman–Crippen LogP) is 4.22. The minimum absolute atomic E-state index is 0.302. The molecule has 106 valence electrons. The monoisotopic (exact) mass is 287 g/mol. The largest absolute Gasteiger partial charge is 0.378 e. The first-order chi connectivity index (χ1) is 9.74. The molecule has 0 aliphatic carbocycles. The lowest BCUT2D eigenvalue weighted by Gasteiger charge is -2.20. The zero-order valence-electron chi connectivity index (χ0n) is 12.1. The van der Waals surface area contributed by atoms with Crippen LogP contribution in [0.1, 0.15) is 36.4 Å². The molecule has 2 heterocycles. The molecule has 1 N–H and O–H groups in total. The molecule has 0 radical (unpaired) electrons. The number of thiazole rings is 1. The normalized spacial score (nSPS) is 16.4. The summed E-state index contributed by atoms with van der Waals surface area (Å²) in [5.74, 6) is 0. The minimum Gasteiger partial charge on any atom is -0.378 e. The van der Waals surface area contributed by atoms with Crippen molar-refractivity contribution in [2.75, 3.05) is 23.3 Å². The summed E-state index contributed by atoms with van der Waals surface area (Å²) in [5.41, 5.74) is 5.57. The van der Waals surface area contributed by atoms with E-state index < -0.39 is 0 Å². The average molecular weight is 287 g/mol. The topological polar surface area (TPSA) is 28.2 Å². The molecule has 0 spiro atoms. The number of nitrogens with one attached hydrogen (secondary N) is 1. The molecule has 4 heteroatoms. The molecule has 3 rings (SSSR count). The van der Waals surface area contributed by atoms with Crippen LogP contribution in [0.15, 0.2) is 29.8 Å². The zero-order chi connectivity index (χ0) is 13.9. The molecule has 1 aliphatic heterocycles. The van der Waals surface area contributed by atoms with Crippen LogP contribution in [0.3, 0.4) is 0 Å². The summed E-state index contributed by atoms with van der Waals surface area (Å²) in [6.07, 6.45) is 2.63. The molecule has 0 saturated carbocycles. The number of aryl methyl sites for hydroxylation is 1. The van der Waals surface area contributed by atoms with E-state index >= 15 is 0 Å². The Labute approximate surface area is 124 Å². The van der Waals surface area contributed by atoms with Gasteiger partial charge in [0.25, 0.3) is 0 Å². The van der Waals surface area contributed by atoms with Crippen LogP contribution in [0.2, 0.25) is 0 Å². The standard InChI is InChI=1S/C16H21N3S/c1-12-16(20-11-17-12)13(2)18-14-6-5-7-15(10-14)19-8-3-4-9-19/h5-7,10-11,13,18H,3-4,8-9H2,1-2H3. The van der Waals surface area contributed by atoms with Crippen molar-refractivity contribution >= 4 is 22.7 Å². The van der Waals surface area contributed by atoms with Crippen molar-refractivity contribution in [3.8, 4) is 0 Å². The highest BCUT2D eigenvalue weighted by Gasteiger charge is 2.14. The van der Waals surface area contributed by atoms with E-state index in [-0.39, 0.29) is 0 Å². The third-order valence-electron chi connectivity index (χ3n) is 3.88. The van der Waals surface area contributed by atoms with Gasteiger partial charge in [-0.15, -0.1) is 11.3 Å². The molecule has 0 bridgehead atoms. The second-order valence-corrected chi connectivity index (χ2v) is 6.30. The summed E-state index contributed by atoms with van der Waals surface area (Å²) < 4.78 is 0. The van der Waals surface area contributed by atoms with Gasteiger partial charge in [0, 0.05) is 29.3 Å². The number of hydrogen-bond acceptors (Lipinski definition) is 4. The highest BCUT2D eigenvalue weighted by Crippen LogP contribution is 2.28. The van der Waals surface area contributed by atoms with E-state index in [0.717, 1.165) is 5.69 Å². The van der Waals surface area contributed by atoms with Gasteiger partial charge in [-0.1, -0.05) is 6.07 Å². The first-order valence-corrected chi connectivity index (χ1v) is 8.13. The van der Waals surface area contributed by atoms with Crippen LogP contribution in [-0.4, -0.2) is 18.1 Å². The lowest BCUT2D eigenvalue weighted by molar-refractivity contribution is 0.889. The van der Waals surface area contributed by atoms with E-state index in [2.05, 4.69) is 53.3 Å². The van der Waals surface area contributed by atoms with E-state index in [1.807, 2.05) is 5.51 Å². The van der Waals surface area contributed by atoms with Crippen molar-refractivity contribution in [3.05, 3.63) is 40.3 Å². The van der Waals surface area contributed by atoms with Gasteiger partial charge >= 0.3 is 0 Å². The highest BCUT2D eigenvalue weighted by molar-refractivity contribution is 7.09. The summed E-state index contributed by atoms with van der Waals surface area (Å²) in [7, 11) is 0. The van der Waals surface area contributed by atoms with Gasteiger partial charge < -0.3 is 10.2 Å². The highest BCUT2D eigenvalue weighted by atomic mass is 32.1. The fraction of sp³-hybridized carbons (Fsp3) is 0.438. The van der Waals surface area contributed by atoms with Crippen LogP contribution in [0, 0.1) is 6.92 Å². The molecule has 1 saturated heterocycles. The molecule has 1 atom stereocenters. The molecule has 1 unspecified atom stereocenters. The fourth-order valence-electron chi connectivity index (χ4n) is 2.81. The molecule has 1 fully saturated rings.